The zero-order valence-electron chi connectivity index (χ0n) is 14.6. The van der Waals surface area contributed by atoms with Crippen LogP contribution in [0.15, 0.2) is 53.4 Å². The van der Waals surface area contributed by atoms with E-state index >= 15 is 0 Å². The summed E-state index contributed by atoms with van der Waals surface area (Å²) in [5.74, 6) is 0.564. The molecule has 0 aliphatic carbocycles. The van der Waals surface area contributed by atoms with Crippen molar-refractivity contribution in [3.63, 3.8) is 0 Å². The molecule has 1 atom stereocenters. The third-order valence-electron chi connectivity index (χ3n) is 3.89. The van der Waals surface area contributed by atoms with E-state index in [0.29, 0.717) is 11.5 Å². The topological polar surface area (TPSA) is 55.8 Å². The minimum absolute atomic E-state index is 0.0271. The first-order valence-corrected chi connectivity index (χ1v) is 9.14. The van der Waals surface area contributed by atoms with Crippen LogP contribution in [0.25, 0.3) is 0 Å². The maximum Gasteiger partial charge on any atom is 0.304 e. The van der Waals surface area contributed by atoms with Gasteiger partial charge in [0.05, 0.1) is 20.6 Å². The zero-order chi connectivity index (χ0) is 18.1. The Kier molecular flexibility index (Phi) is 7.67. The van der Waals surface area contributed by atoms with Crippen LogP contribution in [0.5, 0.6) is 11.5 Å². The van der Waals surface area contributed by atoms with Gasteiger partial charge in [-0.2, -0.15) is 0 Å². The summed E-state index contributed by atoms with van der Waals surface area (Å²) in [6.07, 6.45) is 2.92. The molecule has 1 N–H and O–H groups in total. The second-order valence-electron chi connectivity index (χ2n) is 5.73. The van der Waals surface area contributed by atoms with Gasteiger partial charge in [-0.25, -0.2) is 0 Å². The van der Waals surface area contributed by atoms with Crippen molar-refractivity contribution >= 4 is 17.7 Å². The largest absolute Gasteiger partial charge is 0.493 e. The summed E-state index contributed by atoms with van der Waals surface area (Å²) in [5.41, 5.74) is 1.28. The van der Waals surface area contributed by atoms with E-state index in [0.717, 1.165) is 24.2 Å². The van der Waals surface area contributed by atoms with Gasteiger partial charge in [-0.15, -0.1) is 11.8 Å². The van der Waals surface area contributed by atoms with Gasteiger partial charge >= 0.3 is 5.97 Å². The van der Waals surface area contributed by atoms with Crippen molar-refractivity contribution in [3.05, 3.63) is 54.1 Å². The van der Waals surface area contributed by atoms with Crippen molar-refractivity contribution < 1.29 is 19.4 Å². The quantitative estimate of drug-likeness (QED) is 0.624. The van der Waals surface area contributed by atoms with Crippen LogP contribution in [0.4, 0.5) is 0 Å². The number of thioether (sulfide) groups is 1. The van der Waals surface area contributed by atoms with Crippen molar-refractivity contribution in [2.24, 2.45) is 0 Å². The molecule has 0 bridgehead atoms. The lowest BCUT2D eigenvalue weighted by Gasteiger charge is -2.16. The van der Waals surface area contributed by atoms with Gasteiger partial charge in [-0.3, -0.25) is 4.79 Å². The van der Waals surface area contributed by atoms with Gasteiger partial charge in [0, 0.05) is 10.1 Å². The molecule has 134 valence electrons. The first-order valence-electron chi connectivity index (χ1n) is 8.26. The van der Waals surface area contributed by atoms with Gasteiger partial charge in [0.15, 0.2) is 11.5 Å². The number of benzene rings is 2. The number of hydrogen-bond acceptors (Lipinski definition) is 4. The van der Waals surface area contributed by atoms with Crippen molar-refractivity contribution in [2.45, 2.75) is 35.8 Å². The van der Waals surface area contributed by atoms with E-state index in [-0.39, 0.29) is 11.7 Å². The van der Waals surface area contributed by atoms with Crippen molar-refractivity contribution in [2.75, 3.05) is 14.2 Å². The predicted octanol–water partition coefficient (Wildman–Crippen LogP) is 4.66. The van der Waals surface area contributed by atoms with Gasteiger partial charge in [-0.05, 0) is 43.0 Å². The molecule has 0 saturated heterocycles. The van der Waals surface area contributed by atoms with Crippen LogP contribution < -0.4 is 9.47 Å². The maximum absolute atomic E-state index is 11.2. The van der Waals surface area contributed by atoms with Crippen LogP contribution in [-0.2, 0) is 11.2 Å². The Hall–Kier alpha value is -2.14. The summed E-state index contributed by atoms with van der Waals surface area (Å²) in [6.45, 7) is 0. The zero-order valence-corrected chi connectivity index (χ0v) is 15.4. The molecule has 0 aliphatic heterocycles. The number of carbonyl (C=O) groups is 1. The van der Waals surface area contributed by atoms with E-state index in [4.69, 9.17) is 9.47 Å². The van der Waals surface area contributed by atoms with E-state index in [1.54, 1.807) is 26.0 Å². The molecule has 0 aromatic heterocycles. The van der Waals surface area contributed by atoms with Crippen molar-refractivity contribution in [1.82, 2.24) is 0 Å². The molecule has 0 amide bonds. The fourth-order valence-electron chi connectivity index (χ4n) is 2.66. The number of carboxylic acids is 1. The summed E-state index contributed by atoms with van der Waals surface area (Å²) >= 11 is 1.58. The fraction of sp³-hybridized carbons (Fsp3) is 0.350. The highest BCUT2D eigenvalue weighted by molar-refractivity contribution is 8.00. The second kappa shape index (κ2) is 9.99. The number of aliphatic carboxylic acids is 1. The van der Waals surface area contributed by atoms with Crippen LogP contribution in [0.2, 0.25) is 0 Å². The molecule has 0 heterocycles. The molecule has 1 unspecified atom stereocenters. The first-order chi connectivity index (χ1) is 12.1. The third-order valence-corrected chi connectivity index (χ3v) is 5.16. The predicted molar refractivity (Wildman–Crippen MR) is 101 cm³/mol. The molecular weight excluding hydrogens is 336 g/mol. The van der Waals surface area contributed by atoms with Gasteiger partial charge < -0.3 is 14.6 Å². The molecule has 0 spiro atoms. The van der Waals surface area contributed by atoms with Gasteiger partial charge in [0.2, 0.25) is 0 Å². The highest BCUT2D eigenvalue weighted by atomic mass is 32.2. The second-order valence-corrected chi connectivity index (χ2v) is 7.11. The third kappa shape index (κ3) is 6.35. The Bertz CT molecular complexity index is 673. The highest BCUT2D eigenvalue weighted by Crippen LogP contribution is 2.35. The van der Waals surface area contributed by atoms with Crippen LogP contribution >= 0.6 is 11.8 Å². The number of aryl methyl sites for hydroxylation is 1. The van der Waals surface area contributed by atoms with Gasteiger partial charge in [0.25, 0.3) is 0 Å². The van der Waals surface area contributed by atoms with E-state index in [1.807, 2.05) is 36.4 Å². The molecule has 2 aromatic carbocycles. The van der Waals surface area contributed by atoms with E-state index in [9.17, 15) is 9.90 Å². The monoisotopic (exact) mass is 360 g/mol. The molecule has 2 aromatic rings. The highest BCUT2D eigenvalue weighted by Gasteiger charge is 2.16. The normalized spacial score (nSPS) is 11.8. The smallest absolute Gasteiger partial charge is 0.304 e. The first kappa shape index (κ1) is 19.2. The maximum atomic E-state index is 11.2. The van der Waals surface area contributed by atoms with Crippen molar-refractivity contribution in [3.8, 4) is 11.5 Å². The van der Waals surface area contributed by atoms with Crippen LogP contribution in [0.1, 0.15) is 24.8 Å². The molecule has 0 saturated carbocycles. The molecule has 0 aliphatic rings. The SMILES string of the molecule is COc1ccc(SC(CCCc2ccccc2)CC(=O)O)cc1OC. The van der Waals surface area contributed by atoms with Crippen LogP contribution in [-0.4, -0.2) is 30.5 Å². The Labute approximate surface area is 153 Å². The lowest BCUT2D eigenvalue weighted by molar-refractivity contribution is -0.137. The van der Waals surface area contributed by atoms with Crippen LogP contribution in [0, 0.1) is 0 Å². The van der Waals surface area contributed by atoms with Gasteiger partial charge in [0.1, 0.15) is 0 Å². The molecule has 25 heavy (non-hydrogen) atoms. The standard InChI is InChI=1S/C20H24O4S/c1-23-18-12-11-17(13-19(18)24-2)25-16(14-20(21)22)10-6-9-15-7-4-3-5-8-15/h3-5,7-8,11-13,16H,6,9-10,14H2,1-2H3,(H,21,22). The summed E-state index contributed by atoms with van der Waals surface area (Å²) in [4.78, 5) is 12.2. The number of methoxy groups -OCH3 is 2. The molecule has 0 radical (unpaired) electrons. The number of rotatable bonds is 10. The average Bonchev–Trinajstić information content (AvgIpc) is 2.62. The molecule has 2 rings (SSSR count). The van der Waals surface area contributed by atoms with E-state index in [1.165, 1.54) is 5.56 Å². The van der Waals surface area contributed by atoms with E-state index in [2.05, 4.69) is 12.1 Å². The lowest BCUT2D eigenvalue weighted by Crippen LogP contribution is -2.10. The number of carboxylic acid groups (broad SMARTS) is 1. The minimum Gasteiger partial charge on any atom is -0.493 e. The summed E-state index contributed by atoms with van der Waals surface area (Å²) < 4.78 is 10.6. The molecule has 5 heteroatoms. The van der Waals surface area contributed by atoms with Crippen LogP contribution in [0.3, 0.4) is 0 Å². The Morgan fingerprint density at radius 3 is 2.44 bits per heavy atom. The summed E-state index contributed by atoms with van der Waals surface area (Å²) in [7, 11) is 3.20. The summed E-state index contributed by atoms with van der Waals surface area (Å²) in [6, 6.07) is 16.0. The fourth-order valence-corrected chi connectivity index (χ4v) is 3.88. The Balaban J connectivity index is 1.98. The average molecular weight is 360 g/mol. The number of ether oxygens (including phenoxy) is 2. The number of hydrogen-bond donors (Lipinski definition) is 1. The Morgan fingerprint density at radius 2 is 1.80 bits per heavy atom. The molecule has 0 fully saturated rings. The van der Waals surface area contributed by atoms with Gasteiger partial charge in [-0.1, -0.05) is 30.3 Å². The molecular formula is C20H24O4S. The lowest BCUT2D eigenvalue weighted by atomic mass is 10.1. The summed E-state index contributed by atoms with van der Waals surface area (Å²) in [5, 5.41) is 9.23. The van der Waals surface area contributed by atoms with E-state index < -0.39 is 5.97 Å². The minimum atomic E-state index is -0.766. The van der Waals surface area contributed by atoms with Crippen molar-refractivity contribution in [1.29, 1.82) is 0 Å². The molecule has 4 nitrogen and oxygen atoms in total. The Morgan fingerprint density at radius 1 is 1.08 bits per heavy atom.